The van der Waals surface area contributed by atoms with Gasteiger partial charge in [-0.15, -0.1) is 0 Å². The Morgan fingerprint density at radius 2 is 2.33 bits per heavy atom. The van der Waals surface area contributed by atoms with Crippen LogP contribution in [0, 0.1) is 10.1 Å². The Morgan fingerprint density at radius 1 is 1.67 bits per heavy atom. The van der Waals surface area contributed by atoms with E-state index in [2.05, 4.69) is 15.4 Å². The predicted molar refractivity (Wildman–Crippen MR) is 66.1 cm³/mol. The van der Waals surface area contributed by atoms with E-state index >= 15 is 0 Å². The largest absolute Gasteiger partial charge is 0.395 e. The standard InChI is InChI=1S/C9H16N6O3/c1-6(2)14(3-4-16)8-7(15(17)18)5-11-9(12-8)13-10/h5-6,16H,3-4,10H2,1-2H3,(H,11,12,13). The summed E-state index contributed by atoms with van der Waals surface area (Å²) in [6, 6.07) is -0.0589. The highest BCUT2D eigenvalue weighted by Crippen LogP contribution is 2.27. The number of hydrogen-bond acceptors (Lipinski definition) is 8. The van der Waals surface area contributed by atoms with E-state index in [1.165, 1.54) is 0 Å². The first-order valence-electron chi connectivity index (χ1n) is 5.36. The van der Waals surface area contributed by atoms with Gasteiger partial charge in [-0.1, -0.05) is 0 Å². The molecule has 0 saturated carbocycles. The Balaban J connectivity index is 3.27. The molecule has 9 nitrogen and oxygen atoms in total. The predicted octanol–water partition coefficient (Wildman–Crippen LogP) is -0.122. The molecule has 1 heterocycles. The summed E-state index contributed by atoms with van der Waals surface area (Å²) in [6.45, 7) is 3.79. The van der Waals surface area contributed by atoms with Crippen LogP contribution in [0.15, 0.2) is 6.20 Å². The summed E-state index contributed by atoms with van der Waals surface area (Å²) in [4.78, 5) is 19.7. The molecule has 1 rings (SSSR count). The summed E-state index contributed by atoms with van der Waals surface area (Å²) in [5.41, 5.74) is 2.01. The van der Waals surface area contributed by atoms with Crippen molar-refractivity contribution < 1.29 is 10.0 Å². The van der Waals surface area contributed by atoms with Crippen LogP contribution < -0.4 is 16.2 Å². The number of nitrogens with zero attached hydrogens (tertiary/aromatic N) is 4. The number of nitrogens with one attached hydrogen (secondary N) is 1. The average Bonchev–Trinajstić information content (AvgIpc) is 2.34. The molecule has 0 aliphatic carbocycles. The van der Waals surface area contributed by atoms with Gasteiger partial charge in [0.15, 0.2) is 0 Å². The van der Waals surface area contributed by atoms with Gasteiger partial charge in [0.05, 0.1) is 11.5 Å². The van der Waals surface area contributed by atoms with Crippen LogP contribution in [0.1, 0.15) is 13.8 Å². The van der Waals surface area contributed by atoms with Gasteiger partial charge in [0.1, 0.15) is 6.20 Å². The normalized spacial score (nSPS) is 10.5. The number of aromatic nitrogens is 2. The van der Waals surface area contributed by atoms with Crippen molar-refractivity contribution in [3.05, 3.63) is 16.3 Å². The molecule has 0 unspecified atom stereocenters. The third kappa shape index (κ3) is 3.02. The van der Waals surface area contributed by atoms with E-state index in [0.29, 0.717) is 0 Å². The lowest BCUT2D eigenvalue weighted by atomic mass is 10.3. The SMILES string of the molecule is CC(C)N(CCO)c1nc(NN)ncc1[N+](=O)[O-]. The van der Waals surface area contributed by atoms with E-state index in [0.717, 1.165) is 6.20 Å². The Morgan fingerprint density at radius 3 is 2.78 bits per heavy atom. The minimum absolute atomic E-state index is 0.0589. The fourth-order valence-corrected chi connectivity index (χ4v) is 1.49. The zero-order valence-corrected chi connectivity index (χ0v) is 10.2. The minimum atomic E-state index is -0.567. The van der Waals surface area contributed by atoms with E-state index in [1.807, 2.05) is 13.8 Å². The molecule has 4 N–H and O–H groups in total. The molecule has 1 aromatic rings. The molecule has 18 heavy (non-hydrogen) atoms. The van der Waals surface area contributed by atoms with Crippen LogP contribution in [0.2, 0.25) is 0 Å². The monoisotopic (exact) mass is 256 g/mol. The van der Waals surface area contributed by atoms with Crippen molar-refractivity contribution in [1.82, 2.24) is 9.97 Å². The van der Waals surface area contributed by atoms with Crippen molar-refractivity contribution in [2.24, 2.45) is 5.84 Å². The van der Waals surface area contributed by atoms with E-state index in [1.54, 1.807) is 4.90 Å². The molecule has 0 bridgehead atoms. The maximum atomic E-state index is 10.9. The molecular weight excluding hydrogens is 240 g/mol. The first kappa shape index (κ1) is 14.1. The van der Waals surface area contributed by atoms with Crippen LogP contribution in [0.25, 0.3) is 0 Å². The first-order valence-corrected chi connectivity index (χ1v) is 5.36. The molecule has 0 spiro atoms. The van der Waals surface area contributed by atoms with Crippen LogP contribution in [-0.4, -0.2) is 39.2 Å². The molecular formula is C9H16N6O3. The molecule has 1 aromatic heterocycles. The van der Waals surface area contributed by atoms with Gasteiger partial charge in [0.2, 0.25) is 11.8 Å². The summed E-state index contributed by atoms with van der Waals surface area (Å²) in [6.07, 6.45) is 1.09. The fraction of sp³-hybridized carbons (Fsp3) is 0.556. The van der Waals surface area contributed by atoms with E-state index in [-0.39, 0.29) is 36.6 Å². The van der Waals surface area contributed by atoms with Gasteiger partial charge >= 0.3 is 5.69 Å². The highest BCUT2D eigenvalue weighted by molar-refractivity contribution is 5.59. The smallest absolute Gasteiger partial charge is 0.329 e. The zero-order valence-electron chi connectivity index (χ0n) is 10.2. The van der Waals surface area contributed by atoms with Crippen molar-refractivity contribution in [3.8, 4) is 0 Å². The van der Waals surface area contributed by atoms with Crippen LogP contribution >= 0.6 is 0 Å². The van der Waals surface area contributed by atoms with Gasteiger partial charge in [0.25, 0.3) is 0 Å². The molecule has 0 aromatic carbocycles. The highest BCUT2D eigenvalue weighted by atomic mass is 16.6. The Hall–Kier alpha value is -2.00. The van der Waals surface area contributed by atoms with Gasteiger partial charge in [-0.05, 0) is 13.8 Å². The van der Waals surface area contributed by atoms with E-state index < -0.39 is 4.92 Å². The number of hydrazine groups is 1. The Bertz CT molecular complexity index is 425. The fourth-order valence-electron chi connectivity index (χ4n) is 1.49. The van der Waals surface area contributed by atoms with Crippen molar-refractivity contribution in [3.63, 3.8) is 0 Å². The Kier molecular flexibility index (Phi) is 4.75. The quantitative estimate of drug-likeness (QED) is 0.364. The molecule has 100 valence electrons. The summed E-state index contributed by atoms with van der Waals surface area (Å²) in [5.74, 6) is 5.40. The lowest BCUT2D eigenvalue weighted by molar-refractivity contribution is -0.384. The van der Waals surface area contributed by atoms with E-state index in [4.69, 9.17) is 10.9 Å². The average molecular weight is 256 g/mol. The van der Waals surface area contributed by atoms with Gasteiger partial charge in [-0.25, -0.2) is 10.8 Å². The summed E-state index contributed by atoms with van der Waals surface area (Å²) in [5, 5.41) is 19.9. The summed E-state index contributed by atoms with van der Waals surface area (Å²) in [7, 11) is 0. The number of aliphatic hydroxyl groups is 1. The molecule has 0 amide bonds. The van der Waals surface area contributed by atoms with E-state index in [9.17, 15) is 10.1 Å². The number of rotatable bonds is 6. The number of nitro groups is 1. The maximum Gasteiger partial charge on any atom is 0.329 e. The second-order valence-electron chi connectivity index (χ2n) is 3.81. The third-order valence-corrected chi connectivity index (χ3v) is 2.31. The lowest BCUT2D eigenvalue weighted by Crippen LogP contribution is -2.35. The second kappa shape index (κ2) is 6.07. The number of aliphatic hydroxyl groups excluding tert-OH is 1. The van der Waals surface area contributed by atoms with Gasteiger partial charge in [-0.3, -0.25) is 15.5 Å². The zero-order chi connectivity index (χ0) is 13.7. The van der Waals surface area contributed by atoms with Gasteiger partial charge in [0, 0.05) is 12.6 Å². The number of nitrogens with two attached hydrogens (primary N) is 1. The first-order chi connectivity index (χ1) is 8.51. The molecule has 0 radical (unpaired) electrons. The highest BCUT2D eigenvalue weighted by Gasteiger charge is 2.24. The summed E-state index contributed by atoms with van der Waals surface area (Å²) < 4.78 is 0. The van der Waals surface area contributed by atoms with Gasteiger partial charge < -0.3 is 10.0 Å². The van der Waals surface area contributed by atoms with Crippen LogP contribution in [0.5, 0.6) is 0 Å². The Labute approximate surface area is 104 Å². The molecule has 0 atom stereocenters. The second-order valence-corrected chi connectivity index (χ2v) is 3.81. The molecule has 0 aliphatic heterocycles. The van der Waals surface area contributed by atoms with Crippen molar-refractivity contribution >= 4 is 17.5 Å². The number of hydrogen-bond donors (Lipinski definition) is 3. The molecule has 0 aliphatic rings. The van der Waals surface area contributed by atoms with Crippen molar-refractivity contribution in [1.29, 1.82) is 0 Å². The van der Waals surface area contributed by atoms with Crippen molar-refractivity contribution in [2.45, 2.75) is 19.9 Å². The third-order valence-electron chi connectivity index (χ3n) is 2.31. The topological polar surface area (TPSA) is 130 Å². The molecule has 0 fully saturated rings. The number of anilines is 2. The van der Waals surface area contributed by atoms with Gasteiger partial charge in [-0.2, -0.15) is 4.98 Å². The summed E-state index contributed by atoms with van der Waals surface area (Å²) >= 11 is 0. The maximum absolute atomic E-state index is 10.9. The van der Waals surface area contributed by atoms with Crippen LogP contribution in [0.3, 0.4) is 0 Å². The molecule has 9 heteroatoms. The number of nitrogen functional groups attached to an aromatic ring is 1. The minimum Gasteiger partial charge on any atom is -0.395 e. The molecule has 0 saturated heterocycles. The van der Waals surface area contributed by atoms with Crippen molar-refractivity contribution in [2.75, 3.05) is 23.5 Å². The van der Waals surface area contributed by atoms with Crippen LogP contribution in [-0.2, 0) is 0 Å². The van der Waals surface area contributed by atoms with Crippen LogP contribution in [0.4, 0.5) is 17.5 Å². The lowest BCUT2D eigenvalue weighted by Gasteiger charge is -2.26.